The van der Waals surface area contributed by atoms with Gasteiger partial charge in [-0.15, -0.1) is 11.3 Å². The molecule has 136 valence electrons. The highest BCUT2D eigenvalue weighted by Crippen LogP contribution is 2.23. The summed E-state index contributed by atoms with van der Waals surface area (Å²) in [6.07, 6.45) is 3.91. The van der Waals surface area contributed by atoms with E-state index < -0.39 is 0 Å². The lowest BCUT2D eigenvalue weighted by molar-refractivity contribution is 0.409. The van der Waals surface area contributed by atoms with Gasteiger partial charge >= 0.3 is 0 Å². The molecule has 1 aromatic carbocycles. The number of aliphatic imine (C=N–C) groups is 1. The maximum atomic E-state index is 5.41. The van der Waals surface area contributed by atoms with Crippen molar-refractivity contribution in [2.45, 2.75) is 33.2 Å². The lowest BCUT2D eigenvalue weighted by atomic mass is 10.2. The molecule has 0 saturated heterocycles. The molecule has 0 unspecified atom stereocenters. The molecule has 5 nitrogen and oxygen atoms in total. The second-order valence-corrected chi connectivity index (χ2v) is 7.52. The van der Waals surface area contributed by atoms with Gasteiger partial charge in [0.25, 0.3) is 0 Å². The first kappa shape index (κ1) is 19.7. The maximum Gasteiger partial charge on any atom is 0.191 e. The molecule has 0 fully saturated rings. The molecule has 25 heavy (non-hydrogen) atoms. The van der Waals surface area contributed by atoms with E-state index in [2.05, 4.69) is 50.4 Å². The first-order chi connectivity index (χ1) is 12.2. The Kier molecular flexibility index (Phi) is 8.21. The number of halogens is 1. The number of nitrogens with one attached hydrogen (secondary N) is 2. The molecule has 0 amide bonds. The Morgan fingerprint density at radius 1 is 1.32 bits per heavy atom. The summed E-state index contributed by atoms with van der Waals surface area (Å²) in [5.41, 5.74) is 1.04. The van der Waals surface area contributed by atoms with Crippen molar-refractivity contribution >= 4 is 33.2 Å². The van der Waals surface area contributed by atoms with Gasteiger partial charge < -0.3 is 15.4 Å². The fourth-order valence-electron chi connectivity index (χ4n) is 2.29. The van der Waals surface area contributed by atoms with Crippen LogP contribution in [0.4, 0.5) is 0 Å². The van der Waals surface area contributed by atoms with Gasteiger partial charge in [0.1, 0.15) is 5.75 Å². The number of aryl methyl sites for hydroxylation is 1. The van der Waals surface area contributed by atoms with Crippen LogP contribution < -0.4 is 15.4 Å². The second kappa shape index (κ2) is 10.4. The Morgan fingerprint density at radius 2 is 2.16 bits per heavy atom. The summed E-state index contributed by atoms with van der Waals surface area (Å²) in [6, 6.07) is 5.95. The van der Waals surface area contributed by atoms with Crippen molar-refractivity contribution in [1.82, 2.24) is 15.6 Å². The minimum Gasteiger partial charge on any atom is -0.496 e. The summed E-state index contributed by atoms with van der Waals surface area (Å²) in [5.74, 6) is 1.65. The summed E-state index contributed by atoms with van der Waals surface area (Å²) in [6.45, 7) is 6.39. The van der Waals surface area contributed by atoms with Crippen LogP contribution in [0.15, 0.2) is 33.9 Å². The summed E-state index contributed by atoms with van der Waals surface area (Å²) >= 11 is 5.28. The van der Waals surface area contributed by atoms with E-state index in [1.807, 2.05) is 24.4 Å². The van der Waals surface area contributed by atoms with E-state index in [0.29, 0.717) is 6.54 Å². The van der Waals surface area contributed by atoms with Gasteiger partial charge in [-0.25, -0.2) is 9.98 Å². The van der Waals surface area contributed by atoms with Gasteiger partial charge in [0, 0.05) is 40.6 Å². The Morgan fingerprint density at radius 3 is 2.84 bits per heavy atom. The van der Waals surface area contributed by atoms with Crippen LogP contribution in [0.1, 0.15) is 29.3 Å². The number of thiazole rings is 1. The average Bonchev–Trinajstić information content (AvgIpc) is 3.08. The standard InChI is InChI=1S/C18H25BrN4OS/c1-4-15-12-22-17(25-15)8-9-21-18(20-5-2)23-11-13-10-14(19)6-7-16(13)24-3/h6-7,10,12H,4-5,8-9,11H2,1-3H3,(H2,20,21,23). The molecule has 1 heterocycles. The number of ether oxygens (including phenoxy) is 1. The normalized spacial score (nSPS) is 11.4. The van der Waals surface area contributed by atoms with Gasteiger partial charge in [-0.3, -0.25) is 0 Å². The molecule has 0 aliphatic carbocycles. The van der Waals surface area contributed by atoms with Crippen molar-refractivity contribution in [3.8, 4) is 5.75 Å². The molecule has 2 N–H and O–H groups in total. The number of benzene rings is 1. The monoisotopic (exact) mass is 424 g/mol. The predicted molar refractivity (Wildman–Crippen MR) is 109 cm³/mol. The number of methoxy groups -OCH3 is 1. The molecule has 0 bridgehead atoms. The molecule has 0 aliphatic rings. The molecule has 2 aromatic rings. The molecule has 1 aromatic heterocycles. The second-order valence-electron chi connectivity index (χ2n) is 5.40. The zero-order chi connectivity index (χ0) is 18.1. The number of nitrogens with zero attached hydrogens (tertiary/aromatic N) is 2. The van der Waals surface area contributed by atoms with E-state index in [-0.39, 0.29) is 0 Å². The SMILES string of the molecule is CCNC(=NCc1cc(Br)ccc1OC)NCCc1ncc(CC)s1. The van der Waals surface area contributed by atoms with Crippen LogP contribution in [-0.4, -0.2) is 31.1 Å². The Labute approximate surface area is 162 Å². The van der Waals surface area contributed by atoms with Crippen LogP contribution in [0.2, 0.25) is 0 Å². The molecule has 7 heteroatoms. The highest BCUT2D eigenvalue weighted by atomic mass is 79.9. The van der Waals surface area contributed by atoms with Gasteiger partial charge in [0.05, 0.1) is 18.7 Å². The third kappa shape index (κ3) is 6.32. The van der Waals surface area contributed by atoms with Crippen molar-refractivity contribution in [3.63, 3.8) is 0 Å². The minimum absolute atomic E-state index is 0.551. The average molecular weight is 425 g/mol. The third-order valence-electron chi connectivity index (χ3n) is 3.58. The quantitative estimate of drug-likeness (QED) is 0.499. The maximum absolute atomic E-state index is 5.41. The van der Waals surface area contributed by atoms with Gasteiger partial charge in [-0.05, 0) is 31.5 Å². The van der Waals surface area contributed by atoms with Crippen LogP contribution in [0, 0.1) is 0 Å². The third-order valence-corrected chi connectivity index (χ3v) is 5.27. The molecular formula is C18H25BrN4OS. The van der Waals surface area contributed by atoms with E-state index >= 15 is 0 Å². The van der Waals surface area contributed by atoms with Crippen LogP contribution in [0.5, 0.6) is 5.75 Å². The largest absolute Gasteiger partial charge is 0.496 e. The topological polar surface area (TPSA) is 58.5 Å². The van der Waals surface area contributed by atoms with Crippen LogP contribution >= 0.6 is 27.3 Å². The fourth-order valence-corrected chi connectivity index (χ4v) is 3.56. The van der Waals surface area contributed by atoms with Crippen molar-refractivity contribution in [3.05, 3.63) is 44.3 Å². The van der Waals surface area contributed by atoms with Crippen LogP contribution in [0.25, 0.3) is 0 Å². The van der Waals surface area contributed by atoms with Gasteiger partial charge in [-0.1, -0.05) is 22.9 Å². The summed E-state index contributed by atoms with van der Waals surface area (Å²) in [4.78, 5) is 10.4. The zero-order valence-electron chi connectivity index (χ0n) is 14.9. The van der Waals surface area contributed by atoms with Crippen molar-refractivity contribution in [1.29, 1.82) is 0 Å². The lowest BCUT2D eigenvalue weighted by Crippen LogP contribution is -2.38. The van der Waals surface area contributed by atoms with Crippen LogP contribution in [-0.2, 0) is 19.4 Å². The number of guanidine groups is 1. The lowest BCUT2D eigenvalue weighted by Gasteiger charge is -2.12. The molecule has 0 saturated carbocycles. The predicted octanol–water partition coefficient (Wildman–Crippen LogP) is 3.77. The van der Waals surface area contributed by atoms with E-state index in [0.717, 1.165) is 52.7 Å². The van der Waals surface area contributed by atoms with Crippen molar-refractivity contribution in [2.75, 3.05) is 20.2 Å². The molecule has 0 atom stereocenters. The highest BCUT2D eigenvalue weighted by Gasteiger charge is 2.05. The van der Waals surface area contributed by atoms with Crippen LogP contribution in [0.3, 0.4) is 0 Å². The van der Waals surface area contributed by atoms with Crippen molar-refractivity contribution in [2.24, 2.45) is 4.99 Å². The zero-order valence-corrected chi connectivity index (χ0v) is 17.3. The van der Waals surface area contributed by atoms with E-state index in [1.165, 1.54) is 4.88 Å². The van der Waals surface area contributed by atoms with Gasteiger partial charge in [0.15, 0.2) is 5.96 Å². The molecule has 0 radical (unpaired) electrons. The Balaban J connectivity index is 1.94. The number of hydrogen-bond donors (Lipinski definition) is 2. The summed E-state index contributed by atoms with van der Waals surface area (Å²) < 4.78 is 6.43. The summed E-state index contributed by atoms with van der Waals surface area (Å²) in [7, 11) is 1.68. The first-order valence-corrected chi connectivity index (χ1v) is 10.0. The number of hydrogen-bond acceptors (Lipinski definition) is 4. The summed E-state index contributed by atoms with van der Waals surface area (Å²) in [5, 5.41) is 7.81. The smallest absolute Gasteiger partial charge is 0.191 e. The van der Waals surface area contributed by atoms with Gasteiger partial charge in [0.2, 0.25) is 0 Å². The molecule has 2 rings (SSSR count). The highest BCUT2D eigenvalue weighted by molar-refractivity contribution is 9.10. The van der Waals surface area contributed by atoms with Gasteiger partial charge in [-0.2, -0.15) is 0 Å². The molecule has 0 spiro atoms. The Bertz CT molecular complexity index is 702. The molecular weight excluding hydrogens is 400 g/mol. The van der Waals surface area contributed by atoms with E-state index in [1.54, 1.807) is 18.4 Å². The van der Waals surface area contributed by atoms with Crippen molar-refractivity contribution < 1.29 is 4.74 Å². The van der Waals surface area contributed by atoms with E-state index in [4.69, 9.17) is 4.74 Å². The molecule has 0 aliphatic heterocycles. The fraction of sp³-hybridized carbons (Fsp3) is 0.444. The number of aromatic nitrogens is 1. The minimum atomic E-state index is 0.551. The first-order valence-electron chi connectivity index (χ1n) is 8.44. The Hall–Kier alpha value is -1.60. The van der Waals surface area contributed by atoms with E-state index in [9.17, 15) is 0 Å². The number of rotatable bonds is 8.